The third-order valence-corrected chi connectivity index (χ3v) is 3.18. The molecular formula is C14H22N2O. The van der Waals surface area contributed by atoms with Crippen LogP contribution in [0.1, 0.15) is 39.2 Å². The molecule has 0 bridgehead atoms. The van der Waals surface area contributed by atoms with Gasteiger partial charge < -0.3 is 9.64 Å². The zero-order valence-corrected chi connectivity index (χ0v) is 11.2. The first-order valence-corrected chi connectivity index (χ1v) is 6.42. The van der Waals surface area contributed by atoms with Gasteiger partial charge in [-0.3, -0.25) is 0 Å². The molecule has 1 aromatic heterocycles. The Balaban J connectivity index is 2.11. The minimum atomic E-state index is 0.283. The monoisotopic (exact) mass is 234 g/mol. The van der Waals surface area contributed by atoms with Crippen LogP contribution in [-0.4, -0.2) is 30.3 Å². The van der Waals surface area contributed by atoms with Gasteiger partial charge in [0.25, 0.3) is 0 Å². The molecule has 1 aliphatic rings. The summed E-state index contributed by atoms with van der Waals surface area (Å²) >= 11 is 0. The number of hydrogen-bond acceptors (Lipinski definition) is 3. The third kappa shape index (κ3) is 2.97. The number of rotatable bonds is 2. The molecule has 2 heterocycles. The molecule has 17 heavy (non-hydrogen) atoms. The lowest BCUT2D eigenvalue weighted by molar-refractivity contribution is -0.00545. The molecule has 0 amide bonds. The zero-order chi connectivity index (χ0) is 12.4. The van der Waals surface area contributed by atoms with Crippen LogP contribution in [-0.2, 0) is 4.74 Å². The molecule has 0 unspecified atom stereocenters. The minimum absolute atomic E-state index is 0.283. The quantitative estimate of drug-likeness (QED) is 0.787. The number of hydrogen-bond donors (Lipinski definition) is 0. The maximum absolute atomic E-state index is 5.73. The van der Waals surface area contributed by atoms with Gasteiger partial charge in [-0.1, -0.05) is 19.9 Å². The summed E-state index contributed by atoms with van der Waals surface area (Å²) in [5, 5.41) is 0. The lowest BCUT2D eigenvalue weighted by atomic mass is 10.1. The van der Waals surface area contributed by atoms with Crippen molar-refractivity contribution in [3.05, 3.63) is 23.9 Å². The van der Waals surface area contributed by atoms with Crippen molar-refractivity contribution in [1.29, 1.82) is 0 Å². The highest BCUT2D eigenvalue weighted by atomic mass is 16.5. The number of ether oxygens (including phenoxy) is 1. The number of nitrogens with zero attached hydrogens (tertiary/aromatic N) is 2. The fraction of sp³-hybridized carbons (Fsp3) is 0.643. The number of aromatic nitrogens is 1. The first-order chi connectivity index (χ1) is 8.06. The van der Waals surface area contributed by atoms with Crippen molar-refractivity contribution in [3.8, 4) is 0 Å². The van der Waals surface area contributed by atoms with Crippen LogP contribution in [0.15, 0.2) is 18.3 Å². The van der Waals surface area contributed by atoms with E-state index in [1.165, 1.54) is 5.56 Å². The molecule has 0 radical (unpaired) electrons. The molecule has 94 valence electrons. The van der Waals surface area contributed by atoms with E-state index in [2.05, 4.69) is 49.7 Å². The third-order valence-electron chi connectivity index (χ3n) is 3.18. The van der Waals surface area contributed by atoms with Gasteiger partial charge in [0.15, 0.2) is 0 Å². The Kier molecular flexibility index (Phi) is 3.67. The summed E-state index contributed by atoms with van der Waals surface area (Å²) in [4.78, 5) is 6.87. The van der Waals surface area contributed by atoms with Crippen molar-refractivity contribution in [2.75, 3.05) is 18.0 Å². The van der Waals surface area contributed by atoms with Crippen LogP contribution in [0.3, 0.4) is 0 Å². The molecule has 0 aliphatic carbocycles. The van der Waals surface area contributed by atoms with E-state index < -0.39 is 0 Å². The Morgan fingerprint density at radius 3 is 2.35 bits per heavy atom. The molecule has 1 fully saturated rings. The highest BCUT2D eigenvalue weighted by Crippen LogP contribution is 2.20. The summed E-state index contributed by atoms with van der Waals surface area (Å²) in [6.07, 6.45) is 2.56. The van der Waals surface area contributed by atoms with Crippen molar-refractivity contribution < 1.29 is 4.74 Å². The summed E-state index contributed by atoms with van der Waals surface area (Å²) in [5.74, 6) is 1.61. The summed E-state index contributed by atoms with van der Waals surface area (Å²) in [6, 6.07) is 4.30. The van der Waals surface area contributed by atoms with Crippen molar-refractivity contribution in [2.24, 2.45) is 0 Å². The number of anilines is 1. The van der Waals surface area contributed by atoms with E-state index in [0.717, 1.165) is 18.9 Å². The molecule has 0 spiro atoms. The van der Waals surface area contributed by atoms with E-state index >= 15 is 0 Å². The molecule has 2 atom stereocenters. The Labute approximate surface area is 104 Å². The van der Waals surface area contributed by atoms with Crippen LogP contribution in [0.2, 0.25) is 0 Å². The minimum Gasteiger partial charge on any atom is -0.372 e. The second-order valence-electron chi connectivity index (χ2n) is 5.27. The SMILES string of the molecule is CC(C)c1ccc(N2C[C@@H](C)O[C@@H](C)C2)nc1. The highest BCUT2D eigenvalue weighted by Gasteiger charge is 2.22. The zero-order valence-electron chi connectivity index (χ0n) is 11.2. The van der Waals surface area contributed by atoms with E-state index in [1.807, 2.05) is 6.20 Å². The summed E-state index contributed by atoms with van der Waals surface area (Å²) in [7, 11) is 0. The molecule has 1 saturated heterocycles. The Bertz CT molecular complexity index is 351. The van der Waals surface area contributed by atoms with Crippen molar-refractivity contribution in [3.63, 3.8) is 0 Å². The molecule has 3 nitrogen and oxygen atoms in total. The van der Waals surface area contributed by atoms with Gasteiger partial charge in [0, 0.05) is 19.3 Å². The Hall–Kier alpha value is -1.09. The molecule has 0 saturated carbocycles. The normalized spacial score (nSPS) is 25.4. The second kappa shape index (κ2) is 5.05. The van der Waals surface area contributed by atoms with Crippen LogP contribution >= 0.6 is 0 Å². The van der Waals surface area contributed by atoms with E-state index in [9.17, 15) is 0 Å². The highest BCUT2D eigenvalue weighted by molar-refractivity contribution is 5.40. The lowest BCUT2D eigenvalue weighted by Gasteiger charge is -2.36. The maximum atomic E-state index is 5.73. The smallest absolute Gasteiger partial charge is 0.128 e. The Morgan fingerprint density at radius 2 is 1.88 bits per heavy atom. The van der Waals surface area contributed by atoms with Gasteiger partial charge in [0.1, 0.15) is 5.82 Å². The molecule has 0 aromatic carbocycles. The van der Waals surface area contributed by atoms with Crippen LogP contribution in [0.25, 0.3) is 0 Å². The van der Waals surface area contributed by atoms with Gasteiger partial charge in [-0.15, -0.1) is 0 Å². The summed E-state index contributed by atoms with van der Waals surface area (Å²) < 4.78 is 5.73. The largest absolute Gasteiger partial charge is 0.372 e. The van der Waals surface area contributed by atoms with E-state index in [4.69, 9.17) is 4.74 Å². The average Bonchev–Trinajstić information content (AvgIpc) is 2.28. The molecule has 0 N–H and O–H groups in total. The molecule has 2 rings (SSSR count). The van der Waals surface area contributed by atoms with Gasteiger partial charge >= 0.3 is 0 Å². The Morgan fingerprint density at radius 1 is 1.24 bits per heavy atom. The van der Waals surface area contributed by atoms with E-state index in [0.29, 0.717) is 5.92 Å². The topological polar surface area (TPSA) is 25.4 Å². The molecule has 3 heteroatoms. The fourth-order valence-corrected chi connectivity index (χ4v) is 2.29. The van der Waals surface area contributed by atoms with Gasteiger partial charge in [0.2, 0.25) is 0 Å². The van der Waals surface area contributed by atoms with Gasteiger partial charge in [0.05, 0.1) is 12.2 Å². The van der Waals surface area contributed by atoms with Crippen molar-refractivity contribution in [1.82, 2.24) is 4.98 Å². The van der Waals surface area contributed by atoms with Crippen molar-refractivity contribution in [2.45, 2.75) is 45.8 Å². The second-order valence-corrected chi connectivity index (χ2v) is 5.27. The predicted octanol–water partition coefficient (Wildman–Crippen LogP) is 2.82. The number of morpholine rings is 1. The van der Waals surface area contributed by atoms with Crippen LogP contribution in [0.4, 0.5) is 5.82 Å². The van der Waals surface area contributed by atoms with Crippen molar-refractivity contribution >= 4 is 5.82 Å². The number of pyridine rings is 1. The standard InChI is InChI=1S/C14H22N2O/c1-10(2)13-5-6-14(15-7-13)16-8-11(3)17-12(4)9-16/h5-7,10-12H,8-9H2,1-4H3/t11-,12+. The van der Waals surface area contributed by atoms with Gasteiger partial charge in [-0.2, -0.15) is 0 Å². The summed E-state index contributed by atoms with van der Waals surface area (Å²) in [5.41, 5.74) is 1.29. The first-order valence-electron chi connectivity index (χ1n) is 6.42. The van der Waals surface area contributed by atoms with Gasteiger partial charge in [-0.05, 0) is 31.4 Å². The molecule has 1 aromatic rings. The van der Waals surface area contributed by atoms with Crippen LogP contribution < -0.4 is 4.90 Å². The van der Waals surface area contributed by atoms with Crippen LogP contribution in [0.5, 0.6) is 0 Å². The molecular weight excluding hydrogens is 212 g/mol. The lowest BCUT2D eigenvalue weighted by Crippen LogP contribution is -2.45. The van der Waals surface area contributed by atoms with Crippen LogP contribution in [0, 0.1) is 0 Å². The molecule has 1 aliphatic heterocycles. The summed E-state index contributed by atoms with van der Waals surface area (Å²) in [6.45, 7) is 10.5. The average molecular weight is 234 g/mol. The predicted molar refractivity (Wildman–Crippen MR) is 70.5 cm³/mol. The van der Waals surface area contributed by atoms with E-state index in [-0.39, 0.29) is 12.2 Å². The van der Waals surface area contributed by atoms with Gasteiger partial charge in [-0.25, -0.2) is 4.98 Å². The maximum Gasteiger partial charge on any atom is 0.128 e. The van der Waals surface area contributed by atoms with E-state index in [1.54, 1.807) is 0 Å². The fourth-order valence-electron chi connectivity index (χ4n) is 2.29. The first kappa shape index (κ1) is 12.4.